The standard InChI is InChI=1S/C11H12ClN3O3S/c12-11-3-10(2-1-9(11)7-16)19(17,18)15-6-8-4-13-14-5-8/h1-5,15-16H,6-7H2,(H,13,14). The van der Waals surface area contributed by atoms with Gasteiger partial charge in [0.2, 0.25) is 10.0 Å². The fourth-order valence-electron chi connectivity index (χ4n) is 1.46. The SMILES string of the molecule is O=S(=O)(NCc1cn[nH]c1)c1ccc(CO)c(Cl)c1. The molecule has 0 radical (unpaired) electrons. The third-order valence-electron chi connectivity index (χ3n) is 2.53. The Bertz CT molecular complexity index is 656. The van der Waals surface area contributed by atoms with Gasteiger partial charge in [-0.1, -0.05) is 17.7 Å². The summed E-state index contributed by atoms with van der Waals surface area (Å²) in [4.78, 5) is 0.0539. The Morgan fingerprint density at radius 1 is 1.42 bits per heavy atom. The summed E-state index contributed by atoms with van der Waals surface area (Å²) in [5.74, 6) is 0. The van der Waals surface area contributed by atoms with Crippen molar-refractivity contribution in [2.45, 2.75) is 18.0 Å². The number of aromatic amines is 1. The minimum absolute atomic E-state index is 0.0539. The molecule has 0 spiro atoms. The molecule has 0 aliphatic carbocycles. The Morgan fingerprint density at radius 3 is 2.79 bits per heavy atom. The molecule has 1 aromatic carbocycles. The van der Waals surface area contributed by atoms with Crippen molar-refractivity contribution < 1.29 is 13.5 Å². The number of aromatic nitrogens is 2. The fraction of sp³-hybridized carbons (Fsp3) is 0.182. The summed E-state index contributed by atoms with van der Waals surface area (Å²) in [6.45, 7) is -0.0974. The average Bonchev–Trinajstić information content (AvgIpc) is 2.89. The molecule has 1 aromatic heterocycles. The van der Waals surface area contributed by atoms with Crippen molar-refractivity contribution in [3.05, 3.63) is 46.7 Å². The minimum atomic E-state index is -3.64. The molecule has 0 atom stereocenters. The molecule has 3 N–H and O–H groups in total. The van der Waals surface area contributed by atoms with Crippen LogP contribution in [0.5, 0.6) is 0 Å². The van der Waals surface area contributed by atoms with Crippen LogP contribution in [0.25, 0.3) is 0 Å². The van der Waals surface area contributed by atoms with Gasteiger partial charge in [0.15, 0.2) is 0 Å². The van der Waals surface area contributed by atoms with Gasteiger partial charge in [0.05, 0.1) is 17.7 Å². The monoisotopic (exact) mass is 301 g/mol. The van der Waals surface area contributed by atoms with Crippen LogP contribution in [0, 0.1) is 0 Å². The fourth-order valence-corrected chi connectivity index (χ4v) is 2.81. The van der Waals surface area contributed by atoms with Gasteiger partial charge in [-0.2, -0.15) is 5.10 Å². The molecule has 6 nitrogen and oxygen atoms in total. The van der Waals surface area contributed by atoms with Crippen LogP contribution in [0.1, 0.15) is 11.1 Å². The highest BCUT2D eigenvalue weighted by atomic mass is 35.5. The molecule has 1 heterocycles. The Balaban J connectivity index is 2.17. The smallest absolute Gasteiger partial charge is 0.240 e. The molecule has 0 saturated carbocycles. The molecule has 102 valence electrons. The van der Waals surface area contributed by atoms with Gasteiger partial charge in [-0.15, -0.1) is 0 Å². The van der Waals surface area contributed by atoms with Gasteiger partial charge in [-0.25, -0.2) is 13.1 Å². The number of aliphatic hydroxyl groups is 1. The first-order chi connectivity index (χ1) is 9.03. The predicted octanol–water partition coefficient (Wildman–Crippen LogP) is 1.03. The van der Waals surface area contributed by atoms with E-state index in [0.717, 1.165) is 5.56 Å². The minimum Gasteiger partial charge on any atom is -0.392 e. The van der Waals surface area contributed by atoms with E-state index in [1.54, 1.807) is 6.20 Å². The molecule has 2 aromatic rings. The molecule has 0 aliphatic heterocycles. The van der Waals surface area contributed by atoms with Crippen LogP contribution in [0.4, 0.5) is 0 Å². The van der Waals surface area contributed by atoms with E-state index in [0.29, 0.717) is 5.56 Å². The van der Waals surface area contributed by atoms with Crippen molar-refractivity contribution >= 4 is 21.6 Å². The van der Waals surface area contributed by atoms with E-state index in [9.17, 15) is 8.42 Å². The molecule has 0 saturated heterocycles. The summed E-state index contributed by atoms with van der Waals surface area (Å²) in [7, 11) is -3.64. The maximum absolute atomic E-state index is 12.0. The number of nitrogens with zero attached hydrogens (tertiary/aromatic N) is 1. The molecular formula is C11H12ClN3O3S. The van der Waals surface area contributed by atoms with E-state index in [-0.39, 0.29) is 23.1 Å². The number of rotatable bonds is 5. The highest BCUT2D eigenvalue weighted by Crippen LogP contribution is 2.20. The van der Waals surface area contributed by atoms with Crippen LogP contribution >= 0.6 is 11.6 Å². The first-order valence-corrected chi connectivity index (χ1v) is 7.25. The maximum atomic E-state index is 12.0. The molecule has 0 unspecified atom stereocenters. The van der Waals surface area contributed by atoms with E-state index >= 15 is 0 Å². The topological polar surface area (TPSA) is 95.1 Å². The van der Waals surface area contributed by atoms with E-state index in [1.807, 2.05) is 0 Å². The van der Waals surface area contributed by atoms with Crippen molar-refractivity contribution in [3.63, 3.8) is 0 Å². The zero-order valence-electron chi connectivity index (χ0n) is 9.80. The molecule has 2 rings (SSSR count). The van der Waals surface area contributed by atoms with Crippen LogP contribution in [0.2, 0.25) is 5.02 Å². The summed E-state index contributed by atoms with van der Waals surface area (Å²) in [5.41, 5.74) is 1.21. The van der Waals surface area contributed by atoms with Crippen LogP contribution in [0.3, 0.4) is 0 Å². The van der Waals surface area contributed by atoms with Gasteiger partial charge < -0.3 is 5.11 Å². The van der Waals surface area contributed by atoms with Crippen molar-refractivity contribution in [2.24, 2.45) is 0 Å². The van der Waals surface area contributed by atoms with Crippen molar-refractivity contribution in [1.29, 1.82) is 0 Å². The normalized spacial score (nSPS) is 11.7. The van der Waals surface area contributed by atoms with Crippen LogP contribution in [-0.4, -0.2) is 23.7 Å². The van der Waals surface area contributed by atoms with Crippen molar-refractivity contribution in [2.75, 3.05) is 0 Å². The first-order valence-electron chi connectivity index (χ1n) is 5.39. The summed E-state index contributed by atoms with van der Waals surface area (Å²) in [5, 5.41) is 15.5. The van der Waals surface area contributed by atoms with Gasteiger partial charge in [-0.05, 0) is 17.7 Å². The zero-order chi connectivity index (χ0) is 13.9. The highest BCUT2D eigenvalue weighted by Gasteiger charge is 2.15. The molecule has 0 amide bonds. The Labute approximate surface area is 115 Å². The lowest BCUT2D eigenvalue weighted by Gasteiger charge is -2.07. The van der Waals surface area contributed by atoms with Crippen molar-refractivity contribution in [1.82, 2.24) is 14.9 Å². The second-order valence-electron chi connectivity index (χ2n) is 3.84. The highest BCUT2D eigenvalue weighted by molar-refractivity contribution is 7.89. The maximum Gasteiger partial charge on any atom is 0.240 e. The number of hydrogen-bond donors (Lipinski definition) is 3. The lowest BCUT2D eigenvalue weighted by atomic mass is 10.2. The molecular weight excluding hydrogens is 290 g/mol. The van der Waals surface area contributed by atoms with Crippen LogP contribution in [0.15, 0.2) is 35.5 Å². The third-order valence-corrected chi connectivity index (χ3v) is 4.28. The zero-order valence-corrected chi connectivity index (χ0v) is 11.4. The second-order valence-corrected chi connectivity index (χ2v) is 6.02. The van der Waals surface area contributed by atoms with Crippen LogP contribution in [-0.2, 0) is 23.2 Å². The lowest BCUT2D eigenvalue weighted by molar-refractivity contribution is 0.282. The third kappa shape index (κ3) is 3.32. The van der Waals surface area contributed by atoms with Gasteiger partial charge in [0.25, 0.3) is 0 Å². The van der Waals surface area contributed by atoms with Crippen molar-refractivity contribution in [3.8, 4) is 0 Å². The van der Waals surface area contributed by atoms with Gasteiger partial charge in [0.1, 0.15) is 0 Å². The van der Waals surface area contributed by atoms with Gasteiger partial charge in [-0.3, -0.25) is 5.10 Å². The second kappa shape index (κ2) is 5.70. The molecule has 0 bridgehead atoms. The Kier molecular flexibility index (Phi) is 4.20. The molecule has 0 fully saturated rings. The average molecular weight is 302 g/mol. The van der Waals surface area contributed by atoms with E-state index in [2.05, 4.69) is 14.9 Å². The van der Waals surface area contributed by atoms with Gasteiger partial charge in [0, 0.05) is 23.3 Å². The number of benzene rings is 1. The van der Waals surface area contributed by atoms with E-state index in [4.69, 9.17) is 16.7 Å². The number of H-pyrrole nitrogens is 1. The lowest BCUT2D eigenvalue weighted by Crippen LogP contribution is -2.23. The first kappa shape index (κ1) is 14.0. The van der Waals surface area contributed by atoms with E-state index < -0.39 is 10.0 Å². The Hall–Kier alpha value is -1.41. The summed E-state index contributed by atoms with van der Waals surface area (Å²) >= 11 is 5.87. The summed E-state index contributed by atoms with van der Waals surface area (Å²) in [6.07, 6.45) is 3.13. The van der Waals surface area contributed by atoms with E-state index in [1.165, 1.54) is 24.4 Å². The van der Waals surface area contributed by atoms with Crippen LogP contribution < -0.4 is 4.72 Å². The quantitative estimate of drug-likeness (QED) is 0.769. The summed E-state index contributed by atoms with van der Waals surface area (Å²) < 4.78 is 26.5. The largest absolute Gasteiger partial charge is 0.392 e. The predicted molar refractivity (Wildman–Crippen MR) is 70.0 cm³/mol. The molecule has 19 heavy (non-hydrogen) atoms. The number of sulfonamides is 1. The molecule has 8 heteroatoms. The number of hydrogen-bond acceptors (Lipinski definition) is 4. The number of nitrogens with one attached hydrogen (secondary N) is 2. The summed E-state index contributed by atoms with van der Waals surface area (Å²) in [6, 6.07) is 4.19. The van der Waals surface area contributed by atoms with Gasteiger partial charge >= 0.3 is 0 Å². The Morgan fingerprint density at radius 2 is 2.21 bits per heavy atom. The number of halogens is 1. The number of aliphatic hydroxyl groups excluding tert-OH is 1. The molecule has 0 aliphatic rings.